The van der Waals surface area contributed by atoms with Crippen molar-refractivity contribution in [1.82, 2.24) is 0 Å². The minimum absolute atomic E-state index is 0.262. The Kier molecular flexibility index (Phi) is 7.75. The molecule has 0 amide bonds. The molecular formula is C14H26O6. The highest BCUT2D eigenvalue weighted by Gasteiger charge is 2.29. The Morgan fingerprint density at radius 3 is 1.30 bits per heavy atom. The summed E-state index contributed by atoms with van der Waals surface area (Å²) in [6, 6.07) is 0. The van der Waals surface area contributed by atoms with E-state index in [0.717, 1.165) is 0 Å². The molecule has 6 heteroatoms. The molecule has 0 heterocycles. The Morgan fingerprint density at radius 2 is 1.05 bits per heavy atom. The van der Waals surface area contributed by atoms with Crippen molar-refractivity contribution in [3.63, 3.8) is 0 Å². The third kappa shape index (κ3) is 8.87. The number of rotatable bonds is 9. The molecule has 20 heavy (non-hydrogen) atoms. The van der Waals surface area contributed by atoms with E-state index in [-0.39, 0.29) is 12.8 Å². The van der Waals surface area contributed by atoms with Crippen LogP contribution in [0.15, 0.2) is 0 Å². The fraction of sp³-hybridized carbons (Fsp3) is 0.857. The Bertz CT molecular complexity index is 290. The molecule has 0 rings (SSSR count). The van der Waals surface area contributed by atoms with Gasteiger partial charge in [0.05, 0.1) is 0 Å². The van der Waals surface area contributed by atoms with E-state index >= 15 is 0 Å². The molecule has 0 aromatic rings. The van der Waals surface area contributed by atoms with Crippen molar-refractivity contribution in [1.29, 1.82) is 0 Å². The van der Waals surface area contributed by atoms with Gasteiger partial charge in [-0.1, -0.05) is 13.8 Å². The predicted octanol–water partition coefficient (Wildman–Crippen LogP) is 3.09. The van der Waals surface area contributed by atoms with Gasteiger partial charge in [-0.3, -0.25) is 9.78 Å². The third-order valence-electron chi connectivity index (χ3n) is 2.63. The predicted molar refractivity (Wildman–Crippen MR) is 72.3 cm³/mol. The fourth-order valence-corrected chi connectivity index (χ4v) is 1.12. The first kappa shape index (κ1) is 18.9. The van der Waals surface area contributed by atoms with Gasteiger partial charge < -0.3 is 0 Å². The monoisotopic (exact) mass is 290 g/mol. The molecule has 0 fully saturated rings. The van der Waals surface area contributed by atoms with Crippen molar-refractivity contribution >= 4 is 11.9 Å². The average Bonchev–Trinajstić information content (AvgIpc) is 2.40. The van der Waals surface area contributed by atoms with E-state index in [1.807, 2.05) is 27.7 Å². The van der Waals surface area contributed by atoms with Crippen molar-refractivity contribution in [2.75, 3.05) is 0 Å². The summed E-state index contributed by atoms with van der Waals surface area (Å²) < 4.78 is 0. The molecule has 0 spiro atoms. The van der Waals surface area contributed by atoms with E-state index in [0.29, 0.717) is 12.8 Å². The lowest BCUT2D eigenvalue weighted by molar-refractivity contribution is -0.340. The van der Waals surface area contributed by atoms with E-state index in [2.05, 4.69) is 9.78 Å². The molecule has 0 saturated carbocycles. The molecule has 0 aromatic carbocycles. The van der Waals surface area contributed by atoms with E-state index in [1.165, 1.54) is 0 Å². The summed E-state index contributed by atoms with van der Waals surface area (Å²) in [7, 11) is 0. The van der Waals surface area contributed by atoms with Crippen molar-refractivity contribution in [2.45, 2.75) is 78.4 Å². The number of carbonyl (C=O) groups is 2. The van der Waals surface area contributed by atoms with Gasteiger partial charge >= 0.3 is 11.9 Å². The van der Waals surface area contributed by atoms with Crippen LogP contribution in [-0.2, 0) is 29.1 Å². The Morgan fingerprint density at radius 1 is 0.750 bits per heavy atom. The Labute approximate surface area is 120 Å². The van der Waals surface area contributed by atoms with Gasteiger partial charge in [-0.15, -0.1) is 0 Å². The first-order chi connectivity index (χ1) is 9.12. The van der Waals surface area contributed by atoms with Crippen LogP contribution in [0, 0.1) is 0 Å². The molecule has 0 atom stereocenters. The zero-order valence-corrected chi connectivity index (χ0v) is 13.3. The minimum atomic E-state index is -0.639. The zero-order valence-electron chi connectivity index (χ0n) is 13.3. The lowest BCUT2D eigenvalue weighted by Gasteiger charge is -2.28. The largest absolute Gasteiger partial charge is 0.342 e. The summed E-state index contributed by atoms with van der Waals surface area (Å²) in [5.41, 5.74) is -1.28. The van der Waals surface area contributed by atoms with E-state index in [4.69, 9.17) is 9.78 Å². The lowest BCUT2D eigenvalue weighted by atomic mass is 9.94. The highest BCUT2D eigenvalue weighted by atomic mass is 17.2. The van der Waals surface area contributed by atoms with Gasteiger partial charge in [-0.2, -0.15) is 9.78 Å². The number of hydrogen-bond donors (Lipinski definition) is 0. The van der Waals surface area contributed by atoms with Gasteiger partial charge in [0.25, 0.3) is 0 Å². The second kappa shape index (κ2) is 8.21. The van der Waals surface area contributed by atoms with E-state index in [1.54, 1.807) is 13.8 Å². The summed E-state index contributed by atoms with van der Waals surface area (Å²) in [4.78, 5) is 41.6. The quantitative estimate of drug-likeness (QED) is 0.480. The second-order valence-electron chi connectivity index (χ2n) is 5.80. The van der Waals surface area contributed by atoms with E-state index in [9.17, 15) is 9.59 Å². The van der Waals surface area contributed by atoms with Crippen LogP contribution in [0.4, 0.5) is 0 Å². The molecule has 6 nitrogen and oxygen atoms in total. The molecule has 0 unspecified atom stereocenters. The maximum Gasteiger partial charge on any atom is 0.342 e. The smallest absolute Gasteiger partial charge is 0.298 e. The molecule has 0 bridgehead atoms. The first-order valence-electron chi connectivity index (χ1n) is 6.89. The van der Waals surface area contributed by atoms with Gasteiger partial charge in [0.15, 0.2) is 0 Å². The summed E-state index contributed by atoms with van der Waals surface area (Å²) in [6.45, 7) is 10.6. The van der Waals surface area contributed by atoms with Crippen LogP contribution in [0.3, 0.4) is 0 Å². The fourth-order valence-electron chi connectivity index (χ4n) is 1.12. The van der Waals surface area contributed by atoms with Gasteiger partial charge in [-0.25, -0.2) is 9.59 Å². The molecule has 0 aromatic heterocycles. The molecule has 0 aliphatic carbocycles. The zero-order chi connectivity index (χ0) is 15.8. The minimum Gasteiger partial charge on any atom is -0.298 e. The van der Waals surface area contributed by atoms with Crippen LogP contribution < -0.4 is 0 Å². The van der Waals surface area contributed by atoms with Crippen LogP contribution in [0.25, 0.3) is 0 Å². The number of hydrogen-bond acceptors (Lipinski definition) is 6. The summed E-state index contributed by atoms with van der Waals surface area (Å²) in [5.74, 6) is -0.823. The Balaban J connectivity index is 4.15. The lowest BCUT2D eigenvalue weighted by Crippen LogP contribution is -2.32. The molecule has 0 radical (unpaired) electrons. The normalized spacial score (nSPS) is 12.1. The maximum absolute atomic E-state index is 11.0. The summed E-state index contributed by atoms with van der Waals surface area (Å²) in [6.07, 6.45) is 1.66. The molecule has 0 aliphatic heterocycles. The maximum atomic E-state index is 11.0. The summed E-state index contributed by atoms with van der Waals surface area (Å²) in [5, 5.41) is 0. The SMILES string of the molecule is CCC(=O)OOC(C)(C)CCC(C)(C)OOC(=O)CC. The van der Waals surface area contributed by atoms with Gasteiger partial charge in [0, 0.05) is 12.8 Å². The summed E-state index contributed by atoms with van der Waals surface area (Å²) >= 11 is 0. The first-order valence-corrected chi connectivity index (χ1v) is 6.89. The highest BCUT2D eigenvalue weighted by molar-refractivity contribution is 5.68. The third-order valence-corrected chi connectivity index (χ3v) is 2.63. The highest BCUT2D eigenvalue weighted by Crippen LogP contribution is 2.25. The second-order valence-corrected chi connectivity index (χ2v) is 5.80. The van der Waals surface area contributed by atoms with Gasteiger partial charge in [0.1, 0.15) is 11.2 Å². The Hall–Kier alpha value is -1.14. The molecule has 0 N–H and O–H groups in total. The molecule has 0 saturated heterocycles. The van der Waals surface area contributed by atoms with Crippen LogP contribution in [0.2, 0.25) is 0 Å². The molecule has 118 valence electrons. The van der Waals surface area contributed by atoms with E-state index < -0.39 is 23.1 Å². The standard InChI is InChI=1S/C14H26O6/c1-7-11(15)17-19-13(3,4)9-10-14(5,6)20-18-12(16)8-2/h7-10H2,1-6H3. The van der Waals surface area contributed by atoms with Crippen LogP contribution in [0.1, 0.15) is 67.2 Å². The molecule has 0 aliphatic rings. The van der Waals surface area contributed by atoms with Crippen LogP contribution in [0.5, 0.6) is 0 Å². The average molecular weight is 290 g/mol. The topological polar surface area (TPSA) is 71.1 Å². The van der Waals surface area contributed by atoms with Crippen molar-refractivity contribution in [3.05, 3.63) is 0 Å². The van der Waals surface area contributed by atoms with Gasteiger partial charge in [-0.05, 0) is 40.5 Å². The van der Waals surface area contributed by atoms with Crippen molar-refractivity contribution < 1.29 is 29.1 Å². The molecular weight excluding hydrogens is 264 g/mol. The van der Waals surface area contributed by atoms with Crippen molar-refractivity contribution in [3.8, 4) is 0 Å². The van der Waals surface area contributed by atoms with Crippen LogP contribution >= 0.6 is 0 Å². The number of carbonyl (C=O) groups excluding carboxylic acids is 2. The van der Waals surface area contributed by atoms with Gasteiger partial charge in [0.2, 0.25) is 0 Å². The van der Waals surface area contributed by atoms with Crippen molar-refractivity contribution in [2.24, 2.45) is 0 Å². The van der Waals surface area contributed by atoms with Crippen LogP contribution in [-0.4, -0.2) is 23.1 Å².